The summed E-state index contributed by atoms with van der Waals surface area (Å²) in [6, 6.07) is 7.04. The fraction of sp³-hybridized carbons (Fsp3) is 0.600. The Labute approximate surface area is 104 Å². The number of nitrogens with zero attached hydrogens (tertiary/aromatic N) is 1. The lowest BCUT2D eigenvalue weighted by Crippen LogP contribution is -2.29. The van der Waals surface area contributed by atoms with E-state index in [1.165, 1.54) is 56.4 Å². The molecule has 1 unspecified atom stereocenters. The summed E-state index contributed by atoms with van der Waals surface area (Å²) in [5, 5.41) is 0. The van der Waals surface area contributed by atoms with Crippen molar-refractivity contribution >= 4 is 5.69 Å². The van der Waals surface area contributed by atoms with Crippen LogP contribution < -0.4 is 10.6 Å². The van der Waals surface area contributed by atoms with Crippen molar-refractivity contribution in [2.75, 3.05) is 24.5 Å². The van der Waals surface area contributed by atoms with E-state index in [1.54, 1.807) is 5.56 Å². The van der Waals surface area contributed by atoms with Crippen molar-refractivity contribution in [3.8, 4) is 0 Å². The molecule has 0 bridgehead atoms. The first kappa shape index (κ1) is 11.1. The van der Waals surface area contributed by atoms with Crippen LogP contribution in [-0.4, -0.2) is 19.6 Å². The second kappa shape index (κ2) is 4.69. The molecule has 1 aliphatic carbocycles. The smallest absolute Gasteiger partial charge is 0.0369 e. The highest BCUT2D eigenvalue weighted by atomic mass is 15.1. The third kappa shape index (κ3) is 2.06. The molecule has 1 atom stereocenters. The number of anilines is 1. The summed E-state index contributed by atoms with van der Waals surface area (Å²) < 4.78 is 0. The van der Waals surface area contributed by atoms with Crippen molar-refractivity contribution in [2.24, 2.45) is 5.73 Å². The molecule has 0 spiro atoms. The second-order valence-corrected chi connectivity index (χ2v) is 5.40. The molecule has 1 fully saturated rings. The Morgan fingerprint density at radius 2 is 2.00 bits per heavy atom. The van der Waals surface area contributed by atoms with Crippen molar-refractivity contribution in [3.63, 3.8) is 0 Å². The molecule has 0 amide bonds. The van der Waals surface area contributed by atoms with Gasteiger partial charge in [0.2, 0.25) is 0 Å². The summed E-state index contributed by atoms with van der Waals surface area (Å²) in [6.07, 6.45) is 6.57. The third-order valence-electron chi connectivity index (χ3n) is 4.33. The van der Waals surface area contributed by atoms with Gasteiger partial charge in [0, 0.05) is 18.8 Å². The van der Waals surface area contributed by atoms with Gasteiger partial charge in [-0.15, -0.1) is 0 Å². The number of fused-ring (bicyclic) bond motifs is 1. The van der Waals surface area contributed by atoms with E-state index in [2.05, 4.69) is 23.1 Å². The maximum atomic E-state index is 5.82. The van der Waals surface area contributed by atoms with Crippen LogP contribution >= 0.6 is 0 Å². The molecule has 0 saturated carbocycles. The molecule has 1 saturated heterocycles. The van der Waals surface area contributed by atoms with Gasteiger partial charge in [-0.2, -0.15) is 0 Å². The van der Waals surface area contributed by atoms with E-state index in [1.807, 2.05) is 0 Å². The first-order valence-electron chi connectivity index (χ1n) is 6.96. The van der Waals surface area contributed by atoms with Gasteiger partial charge in [0.25, 0.3) is 0 Å². The fourth-order valence-corrected chi connectivity index (χ4v) is 3.29. The first-order chi connectivity index (χ1) is 8.38. The molecule has 17 heavy (non-hydrogen) atoms. The zero-order valence-electron chi connectivity index (χ0n) is 10.5. The highest BCUT2D eigenvalue weighted by Crippen LogP contribution is 2.35. The molecule has 2 nitrogen and oxygen atoms in total. The zero-order chi connectivity index (χ0) is 11.7. The summed E-state index contributed by atoms with van der Waals surface area (Å²) in [5.74, 6) is 0.611. The number of benzene rings is 1. The molecule has 0 radical (unpaired) electrons. The van der Waals surface area contributed by atoms with Crippen LogP contribution in [0.4, 0.5) is 5.69 Å². The van der Waals surface area contributed by atoms with Crippen molar-refractivity contribution in [1.29, 1.82) is 0 Å². The fourth-order valence-electron chi connectivity index (χ4n) is 3.29. The highest BCUT2D eigenvalue weighted by molar-refractivity contribution is 5.53. The van der Waals surface area contributed by atoms with Gasteiger partial charge in [-0.25, -0.2) is 0 Å². The van der Waals surface area contributed by atoms with Gasteiger partial charge >= 0.3 is 0 Å². The molecule has 1 aliphatic heterocycles. The molecule has 2 N–H and O–H groups in total. The van der Waals surface area contributed by atoms with Crippen LogP contribution in [0.3, 0.4) is 0 Å². The molecule has 1 aromatic rings. The number of hydrogen-bond acceptors (Lipinski definition) is 2. The Morgan fingerprint density at radius 1 is 1.18 bits per heavy atom. The van der Waals surface area contributed by atoms with Gasteiger partial charge in [-0.3, -0.25) is 0 Å². The lowest BCUT2D eigenvalue weighted by atomic mass is 10.0. The standard InChI is InChI=1S/C15H22N2/c16-11-13-5-4-12-10-14(6-7-15(12)13)17-8-2-1-3-9-17/h6-7,10,13H,1-5,8-9,11,16H2. The van der Waals surface area contributed by atoms with Crippen LogP contribution in [0.5, 0.6) is 0 Å². The summed E-state index contributed by atoms with van der Waals surface area (Å²) in [4.78, 5) is 2.54. The normalized spacial score (nSPS) is 23.8. The number of hydrogen-bond donors (Lipinski definition) is 1. The summed E-state index contributed by atoms with van der Waals surface area (Å²) >= 11 is 0. The predicted octanol–water partition coefficient (Wildman–Crippen LogP) is 2.67. The molecule has 92 valence electrons. The Kier molecular flexibility index (Phi) is 3.06. The molecular formula is C15H22N2. The minimum atomic E-state index is 0.611. The average molecular weight is 230 g/mol. The van der Waals surface area contributed by atoms with Crippen molar-refractivity contribution in [1.82, 2.24) is 0 Å². The molecule has 2 heteroatoms. The van der Waals surface area contributed by atoms with Gasteiger partial charge in [0.15, 0.2) is 0 Å². The van der Waals surface area contributed by atoms with Crippen LogP contribution in [0, 0.1) is 0 Å². The quantitative estimate of drug-likeness (QED) is 0.846. The van der Waals surface area contributed by atoms with Crippen molar-refractivity contribution < 1.29 is 0 Å². The number of aryl methyl sites for hydroxylation is 1. The van der Waals surface area contributed by atoms with Gasteiger partial charge in [0.05, 0.1) is 0 Å². The Bertz CT molecular complexity index is 394. The minimum absolute atomic E-state index is 0.611. The number of nitrogens with two attached hydrogens (primary N) is 1. The maximum absolute atomic E-state index is 5.82. The Morgan fingerprint density at radius 3 is 2.76 bits per heavy atom. The average Bonchev–Trinajstić information content (AvgIpc) is 2.81. The van der Waals surface area contributed by atoms with Gasteiger partial charge < -0.3 is 10.6 Å². The van der Waals surface area contributed by atoms with Gasteiger partial charge in [0.1, 0.15) is 0 Å². The lowest BCUT2D eigenvalue weighted by molar-refractivity contribution is 0.577. The molecule has 1 heterocycles. The molecule has 3 rings (SSSR count). The van der Waals surface area contributed by atoms with E-state index in [0.717, 1.165) is 6.54 Å². The van der Waals surface area contributed by atoms with E-state index in [9.17, 15) is 0 Å². The summed E-state index contributed by atoms with van der Waals surface area (Å²) in [6.45, 7) is 3.27. The van der Waals surface area contributed by atoms with E-state index >= 15 is 0 Å². The monoisotopic (exact) mass is 230 g/mol. The molecule has 2 aliphatic rings. The minimum Gasteiger partial charge on any atom is -0.372 e. The maximum Gasteiger partial charge on any atom is 0.0369 e. The van der Waals surface area contributed by atoms with E-state index in [-0.39, 0.29) is 0 Å². The van der Waals surface area contributed by atoms with Crippen LogP contribution in [0.1, 0.15) is 42.7 Å². The first-order valence-corrected chi connectivity index (χ1v) is 6.96. The third-order valence-corrected chi connectivity index (χ3v) is 4.33. The lowest BCUT2D eigenvalue weighted by Gasteiger charge is -2.29. The van der Waals surface area contributed by atoms with Crippen LogP contribution in [0.15, 0.2) is 18.2 Å². The largest absolute Gasteiger partial charge is 0.372 e. The highest BCUT2D eigenvalue weighted by Gasteiger charge is 2.22. The predicted molar refractivity (Wildman–Crippen MR) is 72.6 cm³/mol. The number of rotatable bonds is 2. The van der Waals surface area contributed by atoms with Crippen molar-refractivity contribution in [2.45, 2.75) is 38.0 Å². The van der Waals surface area contributed by atoms with E-state index in [0.29, 0.717) is 5.92 Å². The Balaban J connectivity index is 1.84. The summed E-state index contributed by atoms with van der Waals surface area (Å²) in [5.41, 5.74) is 10.3. The van der Waals surface area contributed by atoms with Crippen LogP contribution in [-0.2, 0) is 6.42 Å². The number of piperidine rings is 1. The molecule has 0 aromatic heterocycles. The molecular weight excluding hydrogens is 208 g/mol. The van der Waals surface area contributed by atoms with E-state index < -0.39 is 0 Å². The Hall–Kier alpha value is -1.02. The van der Waals surface area contributed by atoms with E-state index in [4.69, 9.17) is 5.73 Å². The molecule has 1 aromatic carbocycles. The van der Waals surface area contributed by atoms with Crippen LogP contribution in [0.2, 0.25) is 0 Å². The van der Waals surface area contributed by atoms with Gasteiger partial charge in [-0.1, -0.05) is 6.07 Å². The van der Waals surface area contributed by atoms with Crippen LogP contribution in [0.25, 0.3) is 0 Å². The van der Waals surface area contributed by atoms with Gasteiger partial charge in [-0.05, 0) is 67.8 Å². The zero-order valence-corrected chi connectivity index (χ0v) is 10.5. The SMILES string of the molecule is NCC1CCc2cc(N3CCCCC3)ccc21. The second-order valence-electron chi connectivity index (χ2n) is 5.40. The topological polar surface area (TPSA) is 29.3 Å². The van der Waals surface area contributed by atoms with Crippen molar-refractivity contribution in [3.05, 3.63) is 29.3 Å². The summed E-state index contributed by atoms with van der Waals surface area (Å²) in [7, 11) is 0.